The summed E-state index contributed by atoms with van der Waals surface area (Å²) in [7, 11) is 0. The first kappa shape index (κ1) is 14.5. The van der Waals surface area contributed by atoms with Crippen molar-refractivity contribution in [2.24, 2.45) is 5.41 Å². The summed E-state index contributed by atoms with van der Waals surface area (Å²) in [5, 5.41) is 12.0. The quantitative estimate of drug-likeness (QED) is 0.873. The highest BCUT2D eigenvalue weighted by Crippen LogP contribution is 2.37. The van der Waals surface area contributed by atoms with E-state index in [9.17, 15) is 14.7 Å². The highest BCUT2D eigenvalue weighted by Gasteiger charge is 2.42. The molecule has 2 aliphatic heterocycles. The maximum Gasteiger partial charge on any atom is 0.321 e. The second-order valence-corrected chi connectivity index (χ2v) is 5.99. The van der Waals surface area contributed by atoms with E-state index in [1.54, 1.807) is 13.0 Å². The summed E-state index contributed by atoms with van der Waals surface area (Å²) in [5.41, 5.74) is 0.623. The van der Waals surface area contributed by atoms with Crippen molar-refractivity contribution < 1.29 is 24.2 Å². The van der Waals surface area contributed by atoms with E-state index in [4.69, 9.17) is 9.47 Å². The van der Waals surface area contributed by atoms with Crippen LogP contribution >= 0.6 is 0 Å². The summed E-state index contributed by atoms with van der Waals surface area (Å²) >= 11 is 0. The summed E-state index contributed by atoms with van der Waals surface area (Å²) in [6.07, 6.45) is 0.454. The molecule has 0 aliphatic carbocycles. The van der Waals surface area contributed by atoms with Crippen molar-refractivity contribution in [1.82, 2.24) is 4.90 Å². The molecule has 2 N–H and O–H groups in total. The van der Waals surface area contributed by atoms with Crippen molar-refractivity contribution in [1.29, 1.82) is 0 Å². The van der Waals surface area contributed by atoms with Crippen LogP contribution in [-0.4, -0.2) is 41.9 Å². The van der Waals surface area contributed by atoms with Crippen LogP contribution in [0.25, 0.3) is 0 Å². The van der Waals surface area contributed by atoms with Crippen LogP contribution in [0.1, 0.15) is 18.9 Å². The molecule has 3 rings (SSSR count). The van der Waals surface area contributed by atoms with E-state index in [1.807, 2.05) is 13.0 Å². The molecule has 118 valence electrons. The fraction of sp³-hybridized carbons (Fsp3) is 0.467. The van der Waals surface area contributed by atoms with Gasteiger partial charge in [0.15, 0.2) is 11.5 Å². The molecular weight excluding hydrogens is 288 g/mol. The summed E-state index contributed by atoms with van der Waals surface area (Å²) in [6, 6.07) is 3.23. The van der Waals surface area contributed by atoms with E-state index in [1.165, 1.54) is 4.90 Å². The Morgan fingerprint density at radius 3 is 2.64 bits per heavy atom. The zero-order valence-corrected chi connectivity index (χ0v) is 12.5. The minimum Gasteiger partial charge on any atom is -0.481 e. The molecule has 22 heavy (non-hydrogen) atoms. The molecule has 1 aromatic rings. The van der Waals surface area contributed by atoms with Gasteiger partial charge in [-0.25, -0.2) is 4.79 Å². The fourth-order valence-electron chi connectivity index (χ4n) is 2.68. The molecule has 2 aliphatic rings. The Hall–Kier alpha value is -2.44. The molecular formula is C15H18N2O5. The number of nitrogens with zero attached hydrogens (tertiary/aromatic N) is 1. The Morgan fingerprint density at radius 2 is 2.00 bits per heavy atom. The summed E-state index contributed by atoms with van der Waals surface area (Å²) < 4.78 is 10.6. The second-order valence-electron chi connectivity index (χ2n) is 5.99. The third kappa shape index (κ3) is 2.43. The number of carbonyl (C=O) groups excluding carboxylic acids is 1. The molecule has 1 aromatic carbocycles. The van der Waals surface area contributed by atoms with Gasteiger partial charge in [0.05, 0.1) is 5.41 Å². The van der Waals surface area contributed by atoms with Gasteiger partial charge in [-0.2, -0.15) is 0 Å². The van der Waals surface area contributed by atoms with Gasteiger partial charge in [0.25, 0.3) is 0 Å². The van der Waals surface area contributed by atoms with E-state index < -0.39 is 11.4 Å². The number of aliphatic carboxylic acids is 1. The van der Waals surface area contributed by atoms with Crippen LogP contribution in [0.4, 0.5) is 10.5 Å². The van der Waals surface area contributed by atoms with Crippen LogP contribution < -0.4 is 14.8 Å². The van der Waals surface area contributed by atoms with Crippen molar-refractivity contribution in [3.8, 4) is 11.5 Å². The maximum atomic E-state index is 12.3. The van der Waals surface area contributed by atoms with Gasteiger partial charge in [0, 0.05) is 24.8 Å². The van der Waals surface area contributed by atoms with Crippen LogP contribution in [0.3, 0.4) is 0 Å². The number of urea groups is 1. The number of nitrogens with one attached hydrogen (secondary N) is 1. The van der Waals surface area contributed by atoms with E-state index in [0.29, 0.717) is 30.2 Å². The molecule has 2 heterocycles. The van der Waals surface area contributed by atoms with Gasteiger partial charge in [0.1, 0.15) is 0 Å². The summed E-state index contributed by atoms with van der Waals surface area (Å²) in [5.74, 6) is 0.384. The molecule has 0 bridgehead atoms. The fourth-order valence-corrected chi connectivity index (χ4v) is 2.68. The summed E-state index contributed by atoms with van der Waals surface area (Å²) in [6.45, 7) is 4.34. The molecule has 1 atom stereocenters. The third-order valence-corrected chi connectivity index (χ3v) is 4.24. The van der Waals surface area contributed by atoms with Crippen LogP contribution in [0, 0.1) is 12.3 Å². The summed E-state index contributed by atoms with van der Waals surface area (Å²) in [4.78, 5) is 25.1. The van der Waals surface area contributed by atoms with Crippen LogP contribution in [0.15, 0.2) is 12.1 Å². The molecule has 7 heteroatoms. The number of rotatable bonds is 2. The largest absolute Gasteiger partial charge is 0.481 e. The molecule has 0 saturated carbocycles. The van der Waals surface area contributed by atoms with Crippen LogP contribution in [-0.2, 0) is 4.79 Å². The third-order valence-electron chi connectivity index (χ3n) is 4.24. The highest BCUT2D eigenvalue weighted by molar-refractivity contribution is 5.91. The first-order valence-electron chi connectivity index (χ1n) is 7.09. The van der Waals surface area contributed by atoms with Crippen molar-refractivity contribution in [3.05, 3.63) is 17.7 Å². The van der Waals surface area contributed by atoms with Crippen LogP contribution in [0.2, 0.25) is 0 Å². The minimum absolute atomic E-state index is 0.176. The smallest absolute Gasteiger partial charge is 0.321 e. The Morgan fingerprint density at radius 1 is 1.32 bits per heavy atom. The van der Waals surface area contributed by atoms with E-state index in [2.05, 4.69) is 5.32 Å². The monoisotopic (exact) mass is 306 g/mol. The average Bonchev–Trinajstić information content (AvgIpc) is 3.06. The van der Waals surface area contributed by atoms with Crippen molar-refractivity contribution in [2.45, 2.75) is 20.3 Å². The number of anilines is 1. The topological polar surface area (TPSA) is 88.1 Å². The second kappa shape index (κ2) is 5.08. The molecule has 2 amide bonds. The Bertz CT molecular complexity index is 645. The number of aryl methyl sites for hydroxylation is 1. The van der Waals surface area contributed by atoms with Gasteiger partial charge in [-0.3, -0.25) is 4.79 Å². The van der Waals surface area contributed by atoms with E-state index >= 15 is 0 Å². The number of carbonyl (C=O) groups is 2. The van der Waals surface area contributed by atoms with Gasteiger partial charge in [-0.05, 0) is 31.9 Å². The number of hydrogen-bond acceptors (Lipinski definition) is 4. The SMILES string of the molecule is Cc1cc2c(cc1NC(=O)N1CCC(C)(C(=O)O)C1)OCO2. The van der Waals surface area contributed by atoms with Crippen molar-refractivity contribution in [2.75, 3.05) is 25.2 Å². The minimum atomic E-state index is -0.874. The molecule has 7 nitrogen and oxygen atoms in total. The number of carboxylic acid groups (broad SMARTS) is 1. The Labute approximate surface area is 127 Å². The number of amides is 2. The lowest BCUT2D eigenvalue weighted by Gasteiger charge is -2.21. The zero-order valence-electron chi connectivity index (χ0n) is 12.5. The Balaban J connectivity index is 1.72. The number of hydrogen-bond donors (Lipinski definition) is 2. The lowest BCUT2D eigenvalue weighted by molar-refractivity contribution is -0.146. The van der Waals surface area contributed by atoms with Gasteiger partial charge in [-0.15, -0.1) is 0 Å². The van der Waals surface area contributed by atoms with Gasteiger partial charge in [-0.1, -0.05) is 0 Å². The van der Waals surface area contributed by atoms with Gasteiger partial charge in [0.2, 0.25) is 6.79 Å². The lowest BCUT2D eigenvalue weighted by Crippen LogP contribution is -2.37. The molecule has 0 aromatic heterocycles. The van der Waals surface area contributed by atoms with Crippen molar-refractivity contribution in [3.63, 3.8) is 0 Å². The molecule has 1 unspecified atom stereocenters. The molecule has 0 radical (unpaired) electrons. The Kier molecular flexibility index (Phi) is 3.35. The molecule has 1 fully saturated rings. The average molecular weight is 306 g/mol. The predicted molar refractivity (Wildman–Crippen MR) is 78.3 cm³/mol. The highest BCUT2D eigenvalue weighted by atomic mass is 16.7. The molecule has 0 spiro atoms. The standard InChI is InChI=1S/C15H18N2O5/c1-9-5-11-12(22-8-21-11)6-10(9)16-14(20)17-4-3-15(2,7-17)13(18)19/h5-6H,3-4,7-8H2,1-2H3,(H,16,20)(H,18,19). The van der Waals surface area contributed by atoms with Gasteiger partial charge < -0.3 is 24.8 Å². The predicted octanol–water partition coefficient (Wildman–Crippen LogP) is 2.05. The number of ether oxygens (including phenoxy) is 2. The zero-order chi connectivity index (χ0) is 15.9. The number of carboxylic acids is 1. The number of benzene rings is 1. The van der Waals surface area contributed by atoms with E-state index in [0.717, 1.165) is 5.56 Å². The van der Waals surface area contributed by atoms with Crippen LogP contribution in [0.5, 0.6) is 11.5 Å². The first-order chi connectivity index (χ1) is 10.4. The normalized spacial score (nSPS) is 22.7. The first-order valence-corrected chi connectivity index (χ1v) is 7.09. The lowest BCUT2D eigenvalue weighted by atomic mass is 9.90. The maximum absolute atomic E-state index is 12.3. The molecule has 1 saturated heterocycles. The van der Waals surface area contributed by atoms with Gasteiger partial charge >= 0.3 is 12.0 Å². The van der Waals surface area contributed by atoms with Crippen molar-refractivity contribution >= 4 is 17.7 Å². The number of likely N-dealkylation sites (tertiary alicyclic amines) is 1. The number of fused-ring (bicyclic) bond motifs is 1. The van der Waals surface area contributed by atoms with E-state index in [-0.39, 0.29) is 19.4 Å².